The number of piperidine rings is 1. The van der Waals surface area contributed by atoms with E-state index in [0.29, 0.717) is 24.1 Å². The number of Topliss-reactive ketones (excluding diaryl/α,β-unsaturated/α-hetero) is 1. The Morgan fingerprint density at radius 3 is 2.52 bits per heavy atom. The minimum absolute atomic E-state index is 0.0184. The molecule has 2 atom stereocenters. The number of rotatable bonds is 5. The van der Waals surface area contributed by atoms with Crippen LogP contribution >= 0.6 is 11.3 Å². The van der Waals surface area contributed by atoms with Crippen molar-refractivity contribution in [1.82, 2.24) is 0 Å². The maximum atomic E-state index is 13.4. The van der Waals surface area contributed by atoms with Crippen LogP contribution in [0.15, 0.2) is 66.0 Å². The Kier molecular flexibility index (Phi) is 6.00. The molecule has 0 bridgehead atoms. The highest BCUT2D eigenvalue weighted by molar-refractivity contribution is 7.10. The van der Waals surface area contributed by atoms with Crippen LogP contribution in [0, 0.1) is 12.8 Å². The lowest BCUT2D eigenvalue weighted by Crippen LogP contribution is -2.46. The Balaban J connectivity index is 1.68. The van der Waals surface area contributed by atoms with Crippen LogP contribution in [0.2, 0.25) is 0 Å². The summed E-state index contributed by atoms with van der Waals surface area (Å²) in [6.45, 7) is 3.50. The molecule has 6 heteroatoms. The first kappa shape index (κ1) is 21.0. The van der Waals surface area contributed by atoms with Gasteiger partial charge in [-0.05, 0) is 56.0 Å². The van der Waals surface area contributed by atoms with Gasteiger partial charge in [0, 0.05) is 28.2 Å². The Bertz CT molecular complexity index is 1110. The van der Waals surface area contributed by atoms with Crippen molar-refractivity contribution in [1.29, 1.82) is 0 Å². The van der Waals surface area contributed by atoms with Gasteiger partial charge in [0.1, 0.15) is 0 Å². The molecule has 0 aliphatic carbocycles. The van der Waals surface area contributed by atoms with E-state index in [2.05, 4.69) is 5.32 Å². The van der Waals surface area contributed by atoms with Crippen LogP contribution in [0.25, 0.3) is 0 Å². The van der Waals surface area contributed by atoms with E-state index in [4.69, 9.17) is 0 Å². The standard InChI is InChI=1S/C25H24N2O3S/c1-16-8-10-20(11-9-16)27-23(29)13-12-21(24(27)22-7-4-14-31-22)25(30)26-19-6-3-5-18(15-19)17(2)28/h3-11,14-15,21,24H,12-13H2,1-2H3,(H,26,30). The van der Waals surface area contributed by atoms with Crippen LogP contribution in [0.5, 0.6) is 0 Å². The highest BCUT2D eigenvalue weighted by Crippen LogP contribution is 2.42. The first-order valence-corrected chi connectivity index (χ1v) is 11.2. The van der Waals surface area contributed by atoms with E-state index in [1.165, 1.54) is 6.92 Å². The minimum atomic E-state index is -0.404. The Labute approximate surface area is 185 Å². The third kappa shape index (κ3) is 4.44. The Hall–Kier alpha value is -3.25. The van der Waals surface area contributed by atoms with Gasteiger partial charge in [-0.15, -0.1) is 11.3 Å². The van der Waals surface area contributed by atoms with Gasteiger partial charge in [0.15, 0.2) is 5.78 Å². The van der Waals surface area contributed by atoms with Gasteiger partial charge in [-0.1, -0.05) is 35.9 Å². The summed E-state index contributed by atoms with van der Waals surface area (Å²) in [6.07, 6.45) is 0.781. The number of aryl methyl sites for hydroxylation is 1. The van der Waals surface area contributed by atoms with Crippen molar-refractivity contribution in [2.75, 3.05) is 10.2 Å². The molecule has 5 nitrogen and oxygen atoms in total. The van der Waals surface area contributed by atoms with E-state index >= 15 is 0 Å². The molecule has 1 aliphatic rings. The predicted molar refractivity (Wildman–Crippen MR) is 124 cm³/mol. The molecule has 158 valence electrons. The summed E-state index contributed by atoms with van der Waals surface area (Å²) >= 11 is 1.55. The first-order valence-electron chi connectivity index (χ1n) is 10.3. The molecular formula is C25H24N2O3S. The Morgan fingerprint density at radius 2 is 1.84 bits per heavy atom. The fourth-order valence-electron chi connectivity index (χ4n) is 4.01. The van der Waals surface area contributed by atoms with Crippen molar-refractivity contribution in [2.24, 2.45) is 5.92 Å². The number of anilines is 2. The van der Waals surface area contributed by atoms with Crippen molar-refractivity contribution in [3.05, 3.63) is 82.0 Å². The minimum Gasteiger partial charge on any atom is -0.326 e. The quantitative estimate of drug-likeness (QED) is 0.550. The average molecular weight is 433 g/mol. The van der Waals surface area contributed by atoms with Crippen molar-refractivity contribution < 1.29 is 14.4 Å². The highest BCUT2D eigenvalue weighted by Gasteiger charge is 2.42. The number of carbonyl (C=O) groups is 3. The van der Waals surface area contributed by atoms with Crippen LogP contribution in [0.1, 0.15) is 46.6 Å². The van der Waals surface area contributed by atoms with Gasteiger partial charge in [-0.3, -0.25) is 14.4 Å². The fraction of sp³-hybridized carbons (Fsp3) is 0.240. The molecule has 1 aliphatic heterocycles. The number of hydrogen-bond acceptors (Lipinski definition) is 4. The maximum absolute atomic E-state index is 13.4. The second-order valence-electron chi connectivity index (χ2n) is 7.83. The van der Waals surface area contributed by atoms with Gasteiger partial charge in [-0.25, -0.2) is 0 Å². The normalized spacial score (nSPS) is 18.6. The van der Waals surface area contributed by atoms with Crippen molar-refractivity contribution in [2.45, 2.75) is 32.7 Å². The number of nitrogens with one attached hydrogen (secondary N) is 1. The highest BCUT2D eigenvalue weighted by atomic mass is 32.1. The molecule has 1 N–H and O–H groups in total. The zero-order chi connectivity index (χ0) is 22.0. The van der Waals surface area contributed by atoms with Crippen LogP contribution < -0.4 is 10.2 Å². The molecule has 3 aromatic rings. The largest absolute Gasteiger partial charge is 0.326 e. The van der Waals surface area contributed by atoms with E-state index < -0.39 is 5.92 Å². The number of benzene rings is 2. The molecule has 2 amide bonds. The van der Waals surface area contributed by atoms with Gasteiger partial charge >= 0.3 is 0 Å². The van der Waals surface area contributed by atoms with Gasteiger partial charge < -0.3 is 10.2 Å². The summed E-state index contributed by atoms with van der Waals surface area (Å²) < 4.78 is 0. The summed E-state index contributed by atoms with van der Waals surface area (Å²) in [7, 11) is 0. The third-order valence-corrected chi connectivity index (χ3v) is 6.56. The number of hydrogen-bond donors (Lipinski definition) is 1. The third-order valence-electron chi connectivity index (χ3n) is 5.62. The summed E-state index contributed by atoms with van der Waals surface area (Å²) in [5.74, 6) is -0.589. The molecule has 1 fully saturated rings. The van der Waals surface area contributed by atoms with Gasteiger partial charge in [0.05, 0.1) is 12.0 Å². The monoisotopic (exact) mass is 432 g/mol. The van der Waals surface area contributed by atoms with Crippen molar-refractivity contribution in [3.8, 4) is 0 Å². The maximum Gasteiger partial charge on any atom is 0.229 e. The number of amides is 2. The topological polar surface area (TPSA) is 66.5 Å². The second-order valence-corrected chi connectivity index (χ2v) is 8.81. The lowest BCUT2D eigenvalue weighted by Gasteiger charge is -2.40. The molecule has 2 aromatic carbocycles. The molecule has 0 spiro atoms. The van der Waals surface area contributed by atoms with Gasteiger partial charge in [0.2, 0.25) is 11.8 Å². The van der Waals surface area contributed by atoms with Crippen LogP contribution in [-0.2, 0) is 9.59 Å². The average Bonchev–Trinajstić information content (AvgIpc) is 3.29. The summed E-state index contributed by atoms with van der Waals surface area (Å²) in [5.41, 5.74) is 3.04. The van der Waals surface area contributed by atoms with E-state index in [0.717, 1.165) is 16.1 Å². The van der Waals surface area contributed by atoms with E-state index in [9.17, 15) is 14.4 Å². The van der Waals surface area contributed by atoms with Crippen molar-refractivity contribution >= 4 is 40.3 Å². The number of carbonyl (C=O) groups excluding carboxylic acids is 3. The first-order chi connectivity index (χ1) is 14.9. The van der Waals surface area contributed by atoms with Crippen LogP contribution in [0.4, 0.5) is 11.4 Å². The van der Waals surface area contributed by atoms with E-state index in [1.807, 2.05) is 48.7 Å². The van der Waals surface area contributed by atoms with Crippen molar-refractivity contribution in [3.63, 3.8) is 0 Å². The lowest BCUT2D eigenvalue weighted by molar-refractivity contribution is -0.125. The second kappa shape index (κ2) is 8.86. The predicted octanol–water partition coefficient (Wildman–Crippen LogP) is 5.38. The van der Waals surface area contributed by atoms with Crippen LogP contribution in [0.3, 0.4) is 0 Å². The van der Waals surface area contributed by atoms with Crippen LogP contribution in [-0.4, -0.2) is 17.6 Å². The summed E-state index contributed by atoms with van der Waals surface area (Å²) in [4.78, 5) is 40.8. The SMILES string of the molecule is CC(=O)c1cccc(NC(=O)C2CCC(=O)N(c3ccc(C)cc3)C2c2cccs2)c1. The smallest absolute Gasteiger partial charge is 0.229 e. The van der Waals surface area contributed by atoms with Gasteiger partial charge in [0.25, 0.3) is 0 Å². The number of thiophene rings is 1. The molecule has 1 saturated heterocycles. The number of ketones is 1. The molecular weight excluding hydrogens is 408 g/mol. The molecule has 0 radical (unpaired) electrons. The molecule has 31 heavy (non-hydrogen) atoms. The molecule has 1 aromatic heterocycles. The molecule has 2 unspecified atom stereocenters. The zero-order valence-corrected chi connectivity index (χ0v) is 18.3. The number of nitrogens with zero attached hydrogens (tertiary/aromatic N) is 1. The molecule has 2 heterocycles. The summed E-state index contributed by atoms with van der Waals surface area (Å²) in [5, 5.41) is 4.94. The van der Waals surface area contributed by atoms with E-state index in [-0.39, 0.29) is 23.6 Å². The van der Waals surface area contributed by atoms with E-state index in [1.54, 1.807) is 40.5 Å². The summed E-state index contributed by atoms with van der Waals surface area (Å²) in [6, 6.07) is 18.3. The fourth-order valence-corrected chi connectivity index (χ4v) is 4.89. The molecule has 4 rings (SSSR count). The lowest BCUT2D eigenvalue weighted by atomic mass is 9.86. The van der Waals surface area contributed by atoms with Gasteiger partial charge in [-0.2, -0.15) is 0 Å². The molecule has 0 saturated carbocycles. The Morgan fingerprint density at radius 1 is 1.06 bits per heavy atom. The zero-order valence-electron chi connectivity index (χ0n) is 17.5.